The number of hydrogen-bond donors (Lipinski definition) is 1. The van der Waals surface area contributed by atoms with Crippen LogP contribution in [0.5, 0.6) is 5.75 Å². The van der Waals surface area contributed by atoms with Crippen LogP contribution in [0, 0.1) is 5.92 Å². The Morgan fingerprint density at radius 2 is 1.91 bits per heavy atom. The third-order valence-corrected chi connectivity index (χ3v) is 5.10. The number of hydrogen-bond acceptors (Lipinski definition) is 8. The van der Waals surface area contributed by atoms with Gasteiger partial charge < -0.3 is 24.4 Å². The highest BCUT2D eigenvalue weighted by molar-refractivity contribution is 5.81. The van der Waals surface area contributed by atoms with E-state index in [1.807, 2.05) is 0 Å². The number of fused-ring (bicyclic) bond motifs is 1. The van der Waals surface area contributed by atoms with Crippen molar-refractivity contribution in [3.05, 3.63) is 54.1 Å². The smallest absolute Gasteiger partial charge is 0.408 e. The summed E-state index contributed by atoms with van der Waals surface area (Å²) in [4.78, 5) is 31.2. The van der Waals surface area contributed by atoms with Crippen molar-refractivity contribution in [3.63, 3.8) is 0 Å². The fourth-order valence-electron chi connectivity index (χ4n) is 3.17. The third kappa shape index (κ3) is 7.33. The summed E-state index contributed by atoms with van der Waals surface area (Å²) in [7, 11) is 0. The first-order chi connectivity index (χ1) is 17.5. The summed E-state index contributed by atoms with van der Waals surface area (Å²) in [6.45, 7) is 2.98. The van der Waals surface area contributed by atoms with E-state index in [0.717, 1.165) is 17.7 Å². The van der Waals surface area contributed by atoms with Crippen LogP contribution in [-0.4, -0.2) is 52.2 Å². The number of nitrogens with one attached hydrogen (secondary N) is 1. The normalized spacial score (nSPS) is 15.5. The molecular formula is C25H30N4O6. The number of amides is 1. The fourth-order valence-corrected chi connectivity index (χ4v) is 3.17. The van der Waals surface area contributed by atoms with Crippen molar-refractivity contribution in [2.24, 2.45) is 5.92 Å². The maximum absolute atomic E-state index is 12.7. The lowest BCUT2D eigenvalue weighted by Crippen LogP contribution is -2.45. The van der Waals surface area contributed by atoms with E-state index in [9.17, 15) is 9.59 Å². The zero-order valence-electron chi connectivity index (χ0n) is 21.9. The number of aromatic nitrogens is 3. The minimum Gasteiger partial charge on any atom is -0.464 e. The predicted octanol–water partition coefficient (Wildman–Crippen LogP) is 3.29. The molecule has 0 unspecified atom stereocenters. The van der Waals surface area contributed by atoms with Gasteiger partial charge in [0.25, 0.3) is 6.75 Å². The van der Waals surface area contributed by atoms with Crippen molar-refractivity contribution in [1.82, 2.24) is 20.5 Å². The highest BCUT2D eigenvalue weighted by atomic mass is 16.8. The van der Waals surface area contributed by atoms with Crippen molar-refractivity contribution in [3.8, 4) is 5.75 Å². The van der Waals surface area contributed by atoms with Crippen molar-refractivity contribution in [1.29, 1.82) is 0 Å². The van der Waals surface area contributed by atoms with Gasteiger partial charge in [0.2, 0.25) is 0 Å². The molecule has 1 aliphatic rings. The summed E-state index contributed by atoms with van der Waals surface area (Å²) >= 11 is 0. The molecule has 0 bridgehead atoms. The standard InChI is InChI=1S/C25H30N4O6/c1-25(2,3)35-24(31)26-21(23(30)32-15-18-8-9-18)14-17-10-12-19(13-11-17)33-16-34-29-22-7-5-4-6-20(22)27-28-29/h4-7,10-13,18,21H,8-9,14-16H2,1-3H3,(H,26,31)/t21-/m1/s1/i16D2. The van der Waals surface area contributed by atoms with E-state index in [1.165, 1.54) is 12.1 Å². The van der Waals surface area contributed by atoms with E-state index in [1.54, 1.807) is 57.2 Å². The Hall–Kier alpha value is -3.82. The van der Waals surface area contributed by atoms with Crippen molar-refractivity contribution in [2.75, 3.05) is 13.4 Å². The van der Waals surface area contributed by atoms with Crippen LogP contribution >= 0.6 is 0 Å². The highest BCUT2D eigenvalue weighted by Crippen LogP contribution is 2.29. The Kier molecular flexibility index (Phi) is 6.59. The van der Waals surface area contributed by atoms with E-state index in [-0.39, 0.29) is 12.2 Å². The Morgan fingerprint density at radius 1 is 1.17 bits per heavy atom. The van der Waals surface area contributed by atoms with E-state index in [0.29, 0.717) is 29.1 Å². The molecule has 0 spiro atoms. The van der Waals surface area contributed by atoms with Crippen LogP contribution in [0.1, 0.15) is 41.9 Å². The van der Waals surface area contributed by atoms with Gasteiger partial charge in [-0.25, -0.2) is 9.59 Å². The molecule has 1 fully saturated rings. The fraction of sp³-hybridized carbons (Fsp3) is 0.440. The second kappa shape index (κ2) is 10.6. The van der Waals surface area contributed by atoms with Gasteiger partial charge in [-0.3, -0.25) is 0 Å². The van der Waals surface area contributed by atoms with Gasteiger partial charge in [0.1, 0.15) is 31.2 Å². The molecule has 1 aromatic heterocycles. The molecule has 10 heteroatoms. The number of para-hydroxylation sites is 1. The molecule has 3 aromatic rings. The Morgan fingerprint density at radius 3 is 2.63 bits per heavy atom. The van der Waals surface area contributed by atoms with Gasteiger partial charge in [-0.2, -0.15) is 0 Å². The minimum atomic E-state index is -2.55. The molecule has 1 heterocycles. The predicted molar refractivity (Wildman–Crippen MR) is 127 cm³/mol. The number of rotatable bonds is 10. The lowest BCUT2D eigenvalue weighted by molar-refractivity contribution is -0.146. The number of alkyl carbamates (subject to hydrolysis) is 1. The van der Waals surface area contributed by atoms with Crippen LogP contribution in [0.15, 0.2) is 48.5 Å². The molecule has 186 valence electrons. The van der Waals surface area contributed by atoms with E-state index in [4.69, 9.17) is 21.8 Å². The van der Waals surface area contributed by atoms with Gasteiger partial charge in [-0.05, 0) is 74.6 Å². The van der Waals surface area contributed by atoms with Gasteiger partial charge in [-0.1, -0.05) is 29.1 Å². The largest absolute Gasteiger partial charge is 0.464 e. The summed E-state index contributed by atoms with van der Waals surface area (Å²) in [6, 6.07) is 12.4. The van der Waals surface area contributed by atoms with Crippen LogP contribution in [0.4, 0.5) is 4.79 Å². The van der Waals surface area contributed by atoms with Crippen molar-refractivity contribution in [2.45, 2.75) is 51.7 Å². The average molecular weight is 485 g/mol. The van der Waals surface area contributed by atoms with Gasteiger partial charge in [0.05, 0.1) is 6.61 Å². The number of esters is 1. The summed E-state index contributed by atoms with van der Waals surface area (Å²) in [6.07, 6.45) is 1.50. The maximum atomic E-state index is 12.7. The average Bonchev–Trinajstić information content (AvgIpc) is 3.57. The topological polar surface area (TPSA) is 114 Å². The molecule has 1 saturated carbocycles. The van der Waals surface area contributed by atoms with Crippen molar-refractivity contribution < 1.29 is 31.4 Å². The molecule has 1 N–H and O–H groups in total. The Balaban J connectivity index is 1.39. The third-order valence-electron chi connectivity index (χ3n) is 5.10. The van der Waals surface area contributed by atoms with Gasteiger partial charge >= 0.3 is 12.1 Å². The zero-order valence-corrected chi connectivity index (χ0v) is 19.9. The minimum absolute atomic E-state index is 0.150. The van der Waals surface area contributed by atoms with E-state index < -0.39 is 30.5 Å². The number of carbonyl (C=O) groups is 2. The van der Waals surface area contributed by atoms with Crippen LogP contribution < -0.4 is 14.9 Å². The van der Waals surface area contributed by atoms with Gasteiger partial charge in [-0.15, -0.1) is 5.10 Å². The van der Waals surface area contributed by atoms with Crippen molar-refractivity contribution >= 4 is 23.1 Å². The monoisotopic (exact) mass is 484 g/mol. The maximum Gasteiger partial charge on any atom is 0.408 e. The Labute approximate surface area is 206 Å². The second-order valence-corrected chi connectivity index (χ2v) is 9.35. The molecule has 0 saturated heterocycles. The van der Waals surface area contributed by atoms with Gasteiger partial charge in [0, 0.05) is 6.42 Å². The lowest BCUT2D eigenvalue weighted by Gasteiger charge is -2.23. The summed E-state index contributed by atoms with van der Waals surface area (Å²) in [5.41, 5.74) is 1.02. The van der Waals surface area contributed by atoms with E-state index in [2.05, 4.69) is 15.6 Å². The van der Waals surface area contributed by atoms with Crippen LogP contribution in [0.25, 0.3) is 11.0 Å². The molecule has 1 aliphatic carbocycles. The first-order valence-corrected chi connectivity index (χ1v) is 11.4. The molecule has 10 nitrogen and oxygen atoms in total. The Bertz CT molecular complexity index is 1240. The summed E-state index contributed by atoms with van der Waals surface area (Å²) in [5, 5.41) is 10.3. The molecule has 2 aromatic carbocycles. The first-order valence-electron chi connectivity index (χ1n) is 12.4. The molecule has 0 aliphatic heterocycles. The summed E-state index contributed by atoms with van der Waals surface area (Å²) in [5.74, 6) is 0.0318. The number of carbonyl (C=O) groups excluding carboxylic acids is 2. The van der Waals surface area contributed by atoms with Crippen LogP contribution in [0.2, 0.25) is 0 Å². The van der Waals surface area contributed by atoms with Crippen LogP contribution in [0.3, 0.4) is 0 Å². The SMILES string of the molecule is [2H]C([2H])(Oc1ccc(C[C@@H](NC(=O)OC(C)(C)C)C(=O)OCC2CC2)cc1)On1nnc2ccccc21. The molecule has 1 amide bonds. The van der Waals surface area contributed by atoms with E-state index >= 15 is 0 Å². The number of nitrogens with zero attached hydrogens (tertiary/aromatic N) is 3. The second-order valence-electron chi connectivity index (χ2n) is 9.35. The molecule has 35 heavy (non-hydrogen) atoms. The molecule has 1 atom stereocenters. The first kappa shape index (κ1) is 21.7. The van der Waals surface area contributed by atoms with Crippen LogP contribution in [-0.2, 0) is 20.7 Å². The number of benzene rings is 2. The molecular weight excluding hydrogens is 452 g/mol. The lowest BCUT2D eigenvalue weighted by atomic mass is 10.1. The molecule has 0 radical (unpaired) electrons. The highest BCUT2D eigenvalue weighted by Gasteiger charge is 2.29. The zero-order chi connectivity index (χ0) is 26.6. The van der Waals surface area contributed by atoms with Gasteiger partial charge in [0.15, 0.2) is 0 Å². The quantitative estimate of drug-likeness (QED) is 0.345. The summed E-state index contributed by atoms with van der Waals surface area (Å²) < 4.78 is 32.2. The number of ether oxygens (including phenoxy) is 3. The molecule has 4 rings (SSSR count).